The third kappa shape index (κ3) is 4.23. The number of hydrogen-bond donors (Lipinski definition) is 2. The molecule has 2 aromatic heterocycles. The third-order valence-electron chi connectivity index (χ3n) is 4.32. The van der Waals surface area contributed by atoms with Crippen LogP contribution in [0.3, 0.4) is 0 Å². The van der Waals surface area contributed by atoms with Crippen LogP contribution in [0.2, 0.25) is 0 Å². The van der Waals surface area contributed by atoms with Crippen molar-refractivity contribution in [2.75, 3.05) is 17.2 Å². The second-order valence-electron chi connectivity index (χ2n) is 6.37. The molecule has 0 bridgehead atoms. The largest absolute Gasteiger partial charge is 0.383 e. The normalized spacial score (nSPS) is 10.8. The summed E-state index contributed by atoms with van der Waals surface area (Å²) in [5.74, 6) is -0.239. The first-order valence-corrected chi connectivity index (χ1v) is 9.88. The lowest BCUT2D eigenvalue weighted by atomic mass is 10.2. The van der Waals surface area contributed by atoms with Gasteiger partial charge >= 0.3 is 5.69 Å². The highest BCUT2D eigenvalue weighted by atomic mass is 32.1. The van der Waals surface area contributed by atoms with Crippen LogP contribution in [-0.4, -0.2) is 22.0 Å². The minimum atomic E-state index is -0.653. The van der Waals surface area contributed by atoms with E-state index < -0.39 is 11.2 Å². The highest BCUT2D eigenvalue weighted by Crippen LogP contribution is 2.20. The average molecular weight is 398 g/mol. The number of anilines is 2. The van der Waals surface area contributed by atoms with Crippen molar-refractivity contribution in [1.82, 2.24) is 9.55 Å². The molecule has 7 nitrogen and oxygen atoms in total. The van der Waals surface area contributed by atoms with Crippen molar-refractivity contribution in [3.63, 3.8) is 0 Å². The summed E-state index contributed by atoms with van der Waals surface area (Å²) in [5, 5.41) is 1.90. The van der Waals surface area contributed by atoms with Gasteiger partial charge in [0.2, 0.25) is 5.91 Å². The highest BCUT2D eigenvalue weighted by molar-refractivity contribution is 7.10. The number of amides is 1. The van der Waals surface area contributed by atoms with Crippen LogP contribution >= 0.6 is 11.3 Å². The lowest BCUT2D eigenvalue weighted by Crippen LogP contribution is -2.42. The molecule has 1 amide bonds. The van der Waals surface area contributed by atoms with Crippen molar-refractivity contribution in [2.24, 2.45) is 0 Å². The Kier molecular flexibility index (Phi) is 6.10. The molecule has 0 saturated carbocycles. The molecule has 8 heteroatoms. The summed E-state index contributed by atoms with van der Waals surface area (Å²) < 4.78 is 1.28. The number of nitrogen functional groups attached to an aromatic ring is 1. The molecule has 2 heterocycles. The van der Waals surface area contributed by atoms with Crippen LogP contribution in [-0.2, 0) is 17.8 Å². The molecule has 0 unspecified atom stereocenters. The fourth-order valence-electron chi connectivity index (χ4n) is 3.00. The van der Waals surface area contributed by atoms with Crippen molar-refractivity contribution in [3.05, 3.63) is 79.1 Å². The molecule has 0 spiro atoms. The number of H-pyrrole nitrogens is 1. The van der Waals surface area contributed by atoms with Crippen LogP contribution in [0.4, 0.5) is 11.5 Å². The summed E-state index contributed by atoms with van der Waals surface area (Å²) in [6.45, 7) is 2.45. The van der Waals surface area contributed by atoms with Crippen LogP contribution in [0.5, 0.6) is 0 Å². The average Bonchev–Trinajstić information content (AvgIpc) is 3.18. The number of thiophene rings is 1. The maximum absolute atomic E-state index is 12.9. The van der Waals surface area contributed by atoms with Crippen LogP contribution in [0.1, 0.15) is 23.8 Å². The number of aromatic amines is 1. The number of hydrogen-bond acceptors (Lipinski definition) is 5. The maximum atomic E-state index is 12.9. The van der Waals surface area contributed by atoms with E-state index >= 15 is 0 Å². The number of nitrogens with zero attached hydrogens (tertiary/aromatic N) is 2. The van der Waals surface area contributed by atoms with E-state index in [-0.39, 0.29) is 30.4 Å². The van der Waals surface area contributed by atoms with Crippen molar-refractivity contribution in [2.45, 2.75) is 26.3 Å². The van der Waals surface area contributed by atoms with Gasteiger partial charge in [-0.05, 0) is 23.4 Å². The van der Waals surface area contributed by atoms with E-state index in [2.05, 4.69) is 4.98 Å². The minimum absolute atomic E-state index is 0.00872. The first kappa shape index (κ1) is 19.6. The highest BCUT2D eigenvalue weighted by Gasteiger charge is 2.24. The zero-order valence-corrected chi connectivity index (χ0v) is 16.4. The lowest BCUT2D eigenvalue weighted by Gasteiger charge is -2.24. The summed E-state index contributed by atoms with van der Waals surface area (Å²) in [5.41, 5.74) is 5.86. The van der Waals surface area contributed by atoms with Gasteiger partial charge in [0.15, 0.2) is 5.69 Å². The summed E-state index contributed by atoms with van der Waals surface area (Å²) >= 11 is 1.48. The topological polar surface area (TPSA) is 101 Å². The molecule has 0 radical (unpaired) electrons. The van der Waals surface area contributed by atoms with E-state index in [0.29, 0.717) is 13.0 Å². The Balaban J connectivity index is 2.02. The van der Waals surface area contributed by atoms with Crippen molar-refractivity contribution in [3.8, 4) is 0 Å². The molecule has 0 aliphatic carbocycles. The molecule has 3 aromatic rings. The second-order valence-corrected chi connectivity index (χ2v) is 7.40. The smallest absolute Gasteiger partial charge is 0.330 e. The Morgan fingerprint density at radius 1 is 1.18 bits per heavy atom. The number of nitrogens with two attached hydrogens (primary N) is 1. The molecule has 1 aromatic carbocycles. The minimum Gasteiger partial charge on any atom is -0.383 e. The molecule has 0 saturated heterocycles. The first-order chi connectivity index (χ1) is 13.5. The van der Waals surface area contributed by atoms with E-state index in [0.717, 1.165) is 10.4 Å². The fourth-order valence-corrected chi connectivity index (χ4v) is 3.70. The van der Waals surface area contributed by atoms with Crippen LogP contribution < -0.4 is 21.9 Å². The molecule has 0 aliphatic rings. The number of carbonyl (C=O) groups is 1. The van der Waals surface area contributed by atoms with Gasteiger partial charge in [-0.25, -0.2) is 4.79 Å². The Morgan fingerprint density at radius 2 is 1.93 bits per heavy atom. The van der Waals surface area contributed by atoms with E-state index in [1.165, 1.54) is 20.8 Å². The molecular formula is C20H22N4O3S. The van der Waals surface area contributed by atoms with Gasteiger partial charge in [0.25, 0.3) is 5.56 Å². The SMILES string of the molecule is CCCN(C(=O)Cc1cccs1)c1c(N)n(Cc2ccccc2)c(=O)[nH]c1=O. The van der Waals surface area contributed by atoms with E-state index in [1.807, 2.05) is 54.8 Å². The molecular weight excluding hydrogens is 376 g/mol. The number of benzene rings is 1. The van der Waals surface area contributed by atoms with Gasteiger partial charge in [0.05, 0.1) is 13.0 Å². The van der Waals surface area contributed by atoms with Gasteiger partial charge in [-0.1, -0.05) is 43.3 Å². The molecule has 3 rings (SSSR count). The summed E-state index contributed by atoms with van der Waals surface area (Å²) in [6.07, 6.45) is 0.821. The Morgan fingerprint density at radius 3 is 2.57 bits per heavy atom. The molecule has 0 atom stereocenters. The van der Waals surface area contributed by atoms with E-state index in [4.69, 9.17) is 5.73 Å². The molecule has 0 aliphatic heterocycles. The van der Waals surface area contributed by atoms with Gasteiger partial charge in [-0.15, -0.1) is 11.3 Å². The van der Waals surface area contributed by atoms with Crippen LogP contribution in [0, 0.1) is 0 Å². The van der Waals surface area contributed by atoms with E-state index in [1.54, 1.807) is 0 Å². The maximum Gasteiger partial charge on any atom is 0.330 e. The standard InChI is InChI=1S/C20H22N4O3S/c1-2-10-23(16(25)12-15-9-6-11-28-15)17-18(21)24(20(27)22-19(17)26)13-14-7-4-3-5-8-14/h3-9,11H,2,10,12-13,21H2,1H3,(H,22,26,27). The zero-order valence-electron chi connectivity index (χ0n) is 15.6. The summed E-state index contributed by atoms with van der Waals surface area (Å²) in [4.78, 5) is 42.4. The third-order valence-corrected chi connectivity index (χ3v) is 5.20. The Hall–Kier alpha value is -3.13. The van der Waals surface area contributed by atoms with Gasteiger partial charge in [0.1, 0.15) is 5.82 Å². The van der Waals surface area contributed by atoms with Gasteiger partial charge in [0, 0.05) is 11.4 Å². The summed E-state index contributed by atoms with van der Waals surface area (Å²) in [7, 11) is 0. The van der Waals surface area contributed by atoms with E-state index in [9.17, 15) is 14.4 Å². The summed E-state index contributed by atoms with van der Waals surface area (Å²) in [6, 6.07) is 13.1. The molecule has 3 N–H and O–H groups in total. The number of carbonyl (C=O) groups excluding carboxylic acids is 1. The van der Waals surface area contributed by atoms with Crippen molar-refractivity contribution in [1.29, 1.82) is 0 Å². The number of aromatic nitrogens is 2. The quantitative estimate of drug-likeness (QED) is 0.637. The number of nitrogens with one attached hydrogen (secondary N) is 1. The molecule has 146 valence electrons. The van der Waals surface area contributed by atoms with Gasteiger partial charge < -0.3 is 10.6 Å². The van der Waals surface area contributed by atoms with Gasteiger partial charge in [-0.2, -0.15) is 0 Å². The first-order valence-electron chi connectivity index (χ1n) is 9.00. The number of rotatable bonds is 7. The monoisotopic (exact) mass is 398 g/mol. The predicted octanol–water partition coefficient (Wildman–Crippen LogP) is 2.21. The Labute approximate surface area is 166 Å². The Bertz CT molecular complexity index is 1060. The van der Waals surface area contributed by atoms with Crippen molar-refractivity contribution >= 4 is 28.7 Å². The van der Waals surface area contributed by atoms with Crippen LogP contribution in [0.25, 0.3) is 0 Å². The molecule has 28 heavy (non-hydrogen) atoms. The zero-order chi connectivity index (χ0) is 20.1. The predicted molar refractivity (Wildman–Crippen MR) is 112 cm³/mol. The van der Waals surface area contributed by atoms with Crippen molar-refractivity contribution < 1.29 is 4.79 Å². The lowest BCUT2D eigenvalue weighted by molar-refractivity contribution is -0.118. The molecule has 0 fully saturated rings. The van der Waals surface area contributed by atoms with Gasteiger partial charge in [-0.3, -0.25) is 19.1 Å². The van der Waals surface area contributed by atoms with Crippen LogP contribution in [0.15, 0.2) is 57.4 Å². The fraction of sp³-hybridized carbons (Fsp3) is 0.250. The second kappa shape index (κ2) is 8.71.